The van der Waals surface area contributed by atoms with Gasteiger partial charge in [0.2, 0.25) is 0 Å². The Morgan fingerprint density at radius 2 is 1.76 bits per heavy atom. The molecule has 2 heterocycles. The molecule has 7 heteroatoms. The van der Waals surface area contributed by atoms with Crippen molar-refractivity contribution >= 4 is 11.3 Å². The second kappa shape index (κ2) is 11.8. The third-order valence-electron chi connectivity index (χ3n) is 7.66. The van der Waals surface area contributed by atoms with E-state index in [0.717, 1.165) is 40.6 Å². The SMILES string of the molecule is C[C@@H](CC[C@H]1CC[C@H](c2cc(-c3ccc(Oc4ccccc4)cc3)c3c(N)ncnn32)CC1)NCCN. The number of ether oxygens (including phenoxy) is 1. The largest absolute Gasteiger partial charge is 0.457 e. The number of benzene rings is 2. The second-order valence-electron chi connectivity index (χ2n) is 10.3. The van der Waals surface area contributed by atoms with Gasteiger partial charge >= 0.3 is 0 Å². The summed E-state index contributed by atoms with van der Waals surface area (Å²) in [6.07, 6.45) is 8.90. The highest BCUT2D eigenvalue weighted by molar-refractivity contribution is 5.88. The maximum atomic E-state index is 6.38. The summed E-state index contributed by atoms with van der Waals surface area (Å²) in [6, 6.07) is 20.8. The zero-order chi connectivity index (χ0) is 25.6. The minimum atomic E-state index is 0.472. The van der Waals surface area contributed by atoms with Crippen LogP contribution in [0.1, 0.15) is 57.1 Å². The van der Waals surface area contributed by atoms with Crippen molar-refractivity contribution in [3.05, 3.63) is 72.7 Å². The Bertz CT molecular complexity index is 1280. The molecule has 0 radical (unpaired) electrons. The molecular formula is C30H38N6O. The second-order valence-corrected chi connectivity index (χ2v) is 10.3. The molecule has 1 saturated carbocycles. The number of nitrogen functional groups attached to an aromatic ring is 1. The van der Waals surface area contributed by atoms with Crippen LogP contribution in [0.3, 0.4) is 0 Å². The monoisotopic (exact) mass is 498 g/mol. The Labute approximate surface area is 219 Å². The summed E-state index contributed by atoms with van der Waals surface area (Å²) in [5, 5.41) is 8.13. The van der Waals surface area contributed by atoms with E-state index in [2.05, 4.69) is 40.5 Å². The van der Waals surface area contributed by atoms with E-state index in [1.807, 2.05) is 47.0 Å². The molecule has 4 aromatic rings. The Kier molecular flexibility index (Phi) is 8.02. The molecular weight excluding hydrogens is 460 g/mol. The Morgan fingerprint density at radius 1 is 1.03 bits per heavy atom. The molecule has 1 aliphatic rings. The van der Waals surface area contributed by atoms with Gasteiger partial charge < -0.3 is 21.5 Å². The number of fused-ring (bicyclic) bond motifs is 1. The van der Waals surface area contributed by atoms with Crippen LogP contribution in [0, 0.1) is 5.92 Å². The number of hydrogen-bond acceptors (Lipinski definition) is 6. The summed E-state index contributed by atoms with van der Waals surface area (Å²) in [4.78, 5) is 4.31. The van der Waals surface area contributed by atoms with E-state index < -0.39 is 0 Å². The van der Waals surface area contributed by atoms with Crippen molar-refractivity contribution in [1.82, 2.24) is 19.9 Å². The van der Waals surface area contributed by atoms with E-state index in [9.17, 15) is 0 Å². The Morgan fingerprint density at radius 3 is 2.49 bits per heavy atom. The molecule has 0 amide bonds. The molecule has 0 unspecified atom stereocenters. The lowest BCUT2D eigenvalue weighted by Crippen LogP contribution is -2.31. The summed E-state index contributed by atoms with van der Waals surface area (Å²) >= 11 is 0. The number of nitrogens with one attached hydrogen (secondary N) is 1. The third kappa shape index (κ3) is 5.95. The zero-order valence-electron chi connectivity index (χ0n) is 21.6. The molecule has 37 heavy (non-hydrogen) atoms. The maximum Gasteiger partial charge on any atom is 0.151 e. The first-order chi connectivity index (χ1) is 18.1. The minimum absolute atomic E-state index is 0.472. The van der Waals surface area contributed by atoms with Crippen molar-refractivity contribution in [2.75, 3.05) is 18.8 Å². The molecule has 7 nitrogen and oxygen atoms in total. The zero-order valence-corrected chi connectivity index (χ0v) is 21.6. The van der Waals surface area contributed by atoms with Crippen LogP contribution in [0.25, 0.3) is 16.6 Å². The predicted molar refractivity (Wildman–Crippen MR) is 150 cm³/mol. The standard InChI is InChI=1S/C30H38N6O/c1-21(33-18-17-31)7-8-22-9-11-24(12-10-22)28-19-27(29-30(32)34-20-35-36(28)29)23-13-15-26(16-14-23)37-25-5-3-2-4-6-25/h2-6,13-16,19-22,24,33H,7-12,17-18,31H2,1H3,(H2,32,34,35)/t21-,22-,24-/m0/s1. The summed E-state index contributed by atoms with van der Waals surface area (Å²) in [5.41, 5.74) is 16.3. The number of anilines is 1. The van der Waals surface area contributed by atoms with Crippen LogP contribution in [-0.4, -0.2) is 33.7 Å². The highest BCUT2D eigenvalue weighted by Gasteiger charge is 2.27. The van der Waals surface area contributed by atoms with Gasteiger partial charge in [0.15, 0.2) is 5.82 Å². The van der Waals surface area contributed by atoms with Gasteiger partial charge in [-0.25, -0.2) is 9.50 Å². The Balaban J connectivity index is 1.31. The van der Waals surface area contributed by atoms with Crippen LogP contribution in [0.5, 0.6) is 11.5 Å². The highest BCUT2D eigenvalue weighted by Crippen LogP contribution is 2.41. The van der Waals surface area contributed by atoms with Crippen LogP contribution in [0.15, 0.2) is 67.0 Å². The highest BCUT2D eigenvalue weighted by atomic mass is 16.5. The summed E-state index contributed by atoms with van der Waals surface area (Å²) in [5.74, 6) is 3.39. The van der Waals surface area contributed by atoms with Gasteiger partial charge in [-0.2, -0.15) is 5.10 Å². The number of nitrogens with two attached hydrogens (primary N) is 2. The van der Waals surface area contributed by atoms with Gasteiger partial charge in [0, 0.05) is 36.3 Å². The molecule has 2 aromatic heterocycles. The van der Waals surface area contributed by atoms with Crippen molar-refractivity contribution in [3.8, 4) is 22.6 Å². The quantitative estimate of drug-likeness (QED) is 0.257. The maximum absolute atomic E-state index is 6.38. The van der Waals surface area contributed by atoms with Gasteiger partial charge in [-0.15, -0.1) is 0 Å². The Hall–Kier alpha value is -3.42. The van der Waals surface area contributed by atoms with Gasteiger partial charge in [-0.3, -0.25) is 0 Å². The van der Waals surface area contributed by atoms with Crippen LogP contribution in [0.4, 0.5) is 5.82 Å². The molecule has 1 atom stereocenters. The molecule has 5 N–H and O–H groups in total. The molecule has 5 rings (SSSR count). The summed E-state index contributed by atoms with van der Waals surface area (Å²) in [7, 11) is 0. The van der Waals surface area contributed by atoms with Crippen LogP contribution in [0.2, 0.25) is 0 Å². The fraction of sp³-hybridized carbons (Fsp3) is 0.400. The van der Waals surface area contributed by atoms with E-state index in [1.54, 1.807) is 6.33 Å². The van der Waals surface area contributed by atoms with Crippen LogP contribution < -0.4 is 21.5 Å². The number of aromatic nitrogens is 3. The molecule has 194 valence electrons. The molecule has 0 saturated heterocycles. The first-order valence-corrected chi connectivity index (χ1v) is 13.5. The van der Waals surface area contributed by atoms with E-state index in [4.69, 9.17) is 16.2 Å². The lowest BCUT2D eigenvalue weighted by Gasteiger charge is -2.29. The van der Waals surface area contributed by atoms with E-state index in [0.29, 0.717) is 24.3 Å². The lowest BCUT2D eigenvalue weighted by atomic mass is 9.78. The third-order valence-corrected chi connectivity index (χ3v) is 7.66. The molecule has 0 aliphatic heterocycles. The normalized spacial score (nSPS) is 18.6. The topological polar surface area (TPSA) is 103 Å². The van der Waals surface area contributed by atoms with Gasteiger partial charge in [0.1, 0.15) is 23.3 Å². The van der Waals surface area contributed by atoms with Crippen molar-refractivity contribution in [1.29, 1.82) is 0 Å². The van der Waals surface area contributed by atoms with Crippen molar-refractivity contribution in [2.24, 2.45) is 11.7 Å². The van der Waals surface area contributed by atoms with Crippen molar-refractivity contribution < 1.29 is 4.74 Å². The fourth-order valence-corrected chi connectivity index (χ4v) is 5.59. The molecule has 0 bridgehead atoms. The number of nitrogens with zero attached hydrogens (tertiary/aromatic N) is 3. The number of para-hydroxylation sites is 1. The van der Waals surface area contributed by atoms with E-state index in [-0.39, 0.29) is 0 Å². The van der Waals surface area contributed by atoms with Gasteiger partial charge in [0.05, 0.1) is 0 Å². The average molecular weight is 499 g/mol. The number of rotatable bonds is 10. The predicted octanol–water partition coefficient (Wildman–Crippen LogP) is 5.76. The van der Waals surface area contributed by atoms with Gasteiger partial charge in [0.25, 0.3) is 0 Å². The van der Waals surface area contributed by atoms with Crippen LogP contribution >= 0.6 is 0 Å². The first kappa shape index (κ1) is 25.2. The van der Waals surface area contributed by atoms with Crippen molar-refractivity contribution in [3.63, 3.8) is 0 Å². The van der Waals surface area contributed by atoms with E-state index >= 15 is 0 Å². The molecule has 2 aromatic carbocycles. The summed E-state index contributed by atoms with van der Waals surface area (Å²) < 4.78 is 8.00. The van der Waals surface area contributed by atoms with Gasteiger partial charge in [-0.05, 0) is 87.3 Å². The first-order valence-electron chi connectivity index (χ1n) is 13.5. The summed E-state index contributed by atoms with van der Waals surface area (Å²) in [6.45, 7) is 3.85. The average Bonchev–Trinajstić information content (AvgIpc) is 3.33. The lowest BCUT2D eigenvalue weighted by molar-refractivity contribution is 0.290. The van der Waals surface area contributed by atoms with Crippen LogP contribution in [-0.2, 0) is 0 Å². The minimum Gasteiger partial charge on any atom is -0.457 e. The van der Waals surface area contributed by atoms with Gasteiger partial charge in [-0.1, -0.05) is 30.3 Å². The molecule has 1 aliphatic carbocycles. The smallest absolute Gasteiger partial charge is 0.151 e. The molecule has 1 fully saturated rings. The molecule has 0 spiro atoms. The van der Waals surface area contributed by atoms with Crippen molar-refractivity contribution in [2.45, 2.75) is 57.4 Å². The fourth-order valence-electron chi connectivity index (χ4n) is 5.59. The van der Waals surface area contributed by atoms with E-state index in [1.165, 1.54) is 44.2 Å². The number of hydrogen-bond donors (Lipinski definition) is 3.